The van der Waals surface area contributed by atoms with E-state index >= 15 is 0 Å². The average Bonchev–Trinajstić information content (AvgIpc) is 2.73. The van der Waals surface area contributed by atoms with Gasteiger partial charge in [0.25, 0.3) is 0 Å². The summed E-state index contributed by atoms with van der Waals surface area (Å²) in [6.45, 7) is 0. The fourth-order valence-electron chi connectivity index (χ4n) is 2.16. The minimum Gasteiger partial charge on any atom is -0.299 e. The molecule has 1 aliphatic rings. The largest absolute Gasteiger partial charge is 0.416 e. The molecule has 0 bridgehead atoms. The van der Waals surface area contributed by atoms with Crippen LogP contribution in [0.3, 0.4) is 0 Å². The third kappa shape index (κ3) is 2.05. The zero-order chi connectivity index (χ0) is 14.3. The molecular weight excluding hydrogens is 269 g/mol. The Kier molecular flexibility index (Phi) is 2.79. The molecule has 1 N–H and O–H groups in total. The van der Waals surface area contributed by atoms with Gasteiger partial charge in [0.2, 0.25) is 0 Å². The normalized spacial score (nSPS) is 15.1. The highest BCUT2D eigenvalue weighted by Gasteiger charge is 2.34. The van der Waals surface area contributed by atoms with E-state index in [1.54, 1.807) is 41.7 Å². The van der Waals surface area contributed by atoms with Crippen molar-refractivity contribution in [3.05, 3.63) is 48.3 Å². The monoisotopic (exact) mass is 280 g/mol. The van der Waals surface area contributed by atoms with E-state index in [1.807, 2.05) is 0 Å². The van der Waals surface area contributed by atoms with Gasteiger partial charge in [-0.15, -0.1) is 5.12 Å². The highest BCUT2D eigenvalue weighted by atomic mass is 19.4. The second kappa shape index (κ2) is 4.38. The number of pyridine rings is 1. The first-order chi connectivity index (χ1) is 9.47. The van der Waals surface area contributed by atoms with Crippen LogP contribution in [0, 0.1) is 0 Å². The van der Waals surface area contributed by atoms with Crippen LogP contribution < -0.4 is 10.4 Å². The Bertz CT molecular complexity index is 627. The van der Waals surface area contributed by atoms with Gasteiger partial charge in [0.1, 0.15) is 0 Å². The molecule has 0 unspecified atom stereocenters. The summed E-state index contributed by atoms with van der Waals surface area (Å²) in [5.74, 6) is 0. The maximum Gasteiger partial charge on any atom is 0.416 e. The van der Waals surface area contributed by atoms with Crippen LogP contribution in [0.5, 0.6) is 0 Å². The SMILES string of the molecule is CN1Nc2ccc(C(F)(F)F)cc2N1c1ccncc1. The number of rotatable bonds is 1. The Morgan fingerprint density at radius 3 is 2.45 bits per heavy atom. The van der Waals surface area contributed by atoms with E-state index in [4.69, 9.17) is 0 Å². The van der Waals surface area contributed by atoms with E-state index in [1.165, 1.54) is 6.07 Å². The maximum absolute atomic E-state index is 12.8. The number of halogens is 3. The Balaban J connectivity index is 2.09. The van der Waals surface area contributed by atoms with Crippen molar-refractivity contribution < 1.29 is 13.2 Å². The number of nitrogens with one attached hydrogen (secondary N) is 1. The number of anilines is 3. The topological polar surface area (TPSA) is 31.4 Å². The van der Waals surface area contributed by atoms with Crippen molar-refractivity contribution in [2.45, 2.75) is 6.18 Å². The molecule has 0 spiro atoms. The first-order valence-electron chi connectivity index (χ1n) is 5.88. The molecule has 0 radical (unpaired) electrons. The van der Waals surface area contributed by atoms with E-state index < -0.39 is 11.7 Å². The zero-order valence-electron chi connectivity index (χ0n) is 10.5. The summed E-state index contributed by atoms with van der Waals surface area (Å²) < 4.78 is 38.5. The summed E-state index contributed by atoms with van der Waals surface area (Å²) in [4.78, 5) is 3.91. The summed E-state index contributed by atoms with van der Waals surface area (Å²) in [5, 5.41) is 3.28. The Hall–Kier alpha value is -2.28. The number of aromatic nitrogens is 1. The maximum atomic E-state index is 12.8. The third-order valence-corrected chi connectivity index (χ3v) is 3.04. The molecule has 0 atom stereocenters. The lowest BCUT2D eigenvalue weighted by atomic mass is 10.1. The Morgan fingerprint density at radius 2 is 1.80 bits per heavy atom. The van der Waals surface area contributed by atoms with Crippen LogP contribution in [0.25, 0.3) is 0 Å². The fourth-order valence-corrected chi connectivity index (χ4v) is 2.16. The molecular formula is C13H11F3N4. The van der Waals surface area contributed by atoms with Crippen LogP contribution in [0.15, 0.2) is 42.7 Å². The van der Waals surface area contributed by atoms with Gasteiger partial charge in [0.05, 0.1) is 22.6 Å². The zero-order valence-corrected chi connectivity index (χ0v) is 10.5. The second-order valence-corrected chi connectivity index (χ2v) is 4.38. The van der Waals surface area contributed by atoms with Crippen molar-refractivity contribution in [3.8, 4) is 0 Å². The molecule has 0 fully saturated rings. The smallest absolute Gasteiger partial charge is 0.299 e. The van der Waals surface area contributed by atoms with E-state index in [0.29, 0.717) is 11.4 Å². The summed E-state index contributed by atoms with van der Waals surface area (Å²) in [6.07, 6.45) is -1.18. The van der Waals surface area contributed by atoms with Crippen molar-refractivity contribution in [1.82, 2.24) is 10.1 Å². The predicted molar refractivity (Wildman–Crippen MR) is 69.2 cm³/mol. The van der Waals surface area contributed by atoms with Gasteiger partial charge in [-0.25, -0.2) is 0 Å². The molecule has 4 nitrogen and oxygen atoms in total. The summed E-state index contributed by atoms with van der Waals surface area (Å²) in [5.41, 5.74) is 4.13. The molecule has 104 valence electrons. The first kappa shape index (κ1) is 12.7. The van der Waals surface area contributed by atoms with Gasteiger partial charge in [0, 0.05) is 19.4 Å². The molecule has 7 heteroatoms. The van der Waals surface area contributed by atoms with Crippen LogP contribution in [0.4, 0.5) is 30.2 Å². The Labute approximate surface area is 113 Å². The van der Waals surface area contributed by atoms with Crippen LogP contribution in [0.2, 0.25) is 0 Å². The number of benzene rings is 1. The standard InChI is InChI=1S/C13H11F3N4/c1-19-18-11-3-2-9(13(14,15)16)8-12(11)20(19)10-4-6-17-7-5-10/h2-8,18H,1H3. The molecule has 0 amide bonds. The van der Waals surface area contributed by atoms with E-state index in [0.717, 1.165) is 17.8 Å². The van der Waals surface area contributed by atoms with Crippen LogP contribution in [0.1, 0.15) is 5.56 Å². The van der Waals surface area contributed by atoms with Crippen molar-refractivity contribution in [3.63, 3.8) is 0 Å². The number of hydrogen-bond acceptors (Lipinski definition) is 4. The van der Waals surface area contributed by atoms with Crippen molar-refractivity contribution in [1.29, 1.82) is 0 Å². The minimum absolute atomic E-state index is 0.452. The lowest BCUT2D eigenvalue weighted by Gasteiger charge is -2.25. The molecule has 1 aliphatic heterocycles. The molecule has 0 saturated carbocycles. The molecule has 0 aliphatic carbocycles. The second-order valence-electron chi connectivity index (χ2n) is 4.38. The summed E-state index contributed by atoms with van der Waals surface area (Å²) >= 11 is 0. The number of fused-ring (bicyclic) bond motifs is 1. The lowest BCUT2D eigenvalue weighted by molar-refractivity contribution is -0.137. The highest BCUT2D eigenvalue weighted by molar-refractivity contribution is 5.79. The van der Waals surface area contributed by atoms with Crippen LogP contribution in [-0.4, -0.2) is 17.1 Å². The molecule has 2 heterocycles. The van der Waals surface area contributed by atoms with Gasteiger partial charge in [0.15, 0.2) is 0 Å². The van der Waals surface area contributed by atoms with Gasteiger partial charge in [-0.05, 0) is 30.3 Å². The van der Waals surface area contributed by atoms with Crippen molar-refractivity contribution >= 4 is 17.1 Å². The molecule has 3 rings (SSSR count). The molecule has 1 aromatic carbocycles. The molecule has 2 aromatic rings. The molecule has 20 heavy (non-hydrogen) atoms. The number of hydrazine groups is 2. The quantitative estimate of drug-likeness (QED) is 0.867. The van der Waals surface area contributed by atoms with E-state index in [9.17, 15) is 13.2 Å². The van der Waals surface area contributed by atoms with E-state index in [2.05, 4.69) is 10.4 Å². The Morgan fingerprint density at radius 1 is 1.10 bits per heavy atom. The van der Waals surface area contributed by atoms with Gasteiger partial charge in [-0.2, -0.15) is 13.2 Å². The van der Waals surface area contributed by atoms with Crippen molar-refractivity contribution in [2.75, 3.05) is 17.5 Å². The van der Waals surface area contributed by atoms with E-state index in [-0.39, 0.29) is 0 Å². The number of alkyl halides is 3. The first-order valence-corrected chi connectivity index (χ1v) is 5.88. The minimum atomic E-state index is -4.36. The van der Waals surface area contributed by atoms with Gasteiger partial charge < -0.3 is 0 Å². The van der Waals surface area contributed by atoms with Gasteiger partial charge >= 0.3 is 6.18 Å². The lowest BCUT2D eigenvalue weighted by Crippen LogP contribution is -2.34. The summed E-state index contributed by atoms with van der Waals surface area (Å²) in [7, 11) is 1.73. The third-order valence-electron chi connectivity index (χ3n) is 3.04. The molecule has 1 aromatic heterocycles. The number of hydrogen-bond donors (Lipinski definition) is 1. The average molecular weight is 280 g/mol. The van der Waals surface area contributed by atoms with Gasteiger partial charge in [-0.1, -0.05) is 0 Å². The number of nitrogens with zero attached hydrogens (tertiary/aromatic N) is 3. The molecule has 0 saturated heterocycles. The van der Waals surface area contributed by atoms with Crippen molar-refractivity contribution in [2.24, 2.45) is 0 Å². The predicted octanol–water partition coefficient (Wildman–Crippen LogP) is 3.43. The highest BCUT2D eigenvalue weighted by Crippen LogP contribution is 2.41. The summed E-state index contributed by atoms with van der Waals surface area (Å²) in [6, 6.07) is 7.08. The fraction of sp³-hybridized carbons (Fsp3) is 0.154. The van der Waals surface area contributed by atoms with Crippen LogP contribution in [-0.2, 0) is 6.18 Å². The van der Waals surface area contributed by atoms with Gasteiger partial charge in [-0.3, -0.25) is 15.4 Å². The van der Waals surface area contributed by atoms with Crippen LogP contribution >= 0.6 is 0 Å².